The molecule has 0 saturated heterocycles. The van der Waals surface area contributed by atoms with Gasteiger partial charge in [-0.1, -0.05) is 54.6 Å². The molecule has 2 rings (SSSR count). The van der Waals surface area contributed by atoms with Crippen molar-refractivity contribution in [1.82, 2.24) is 10.6 Å². The minimum Gasteiger partial charge on any atom is -0.444 e. The Hall–Kier alpha value is -3.41. The Morgan fingerprint density at radius 3 is 2.37 bits per heavy atom. The fourth-order valence-corrected chi connectivity index (χ4v) is 2.37. The molecular weight excluding hydrogens is 344 g/mol. The van der Waals surface area contributed by atoms with Gasteiger partial charge in [-0.25, -0.2) is 9.59 Å². The Balaban J connectivity index is 2.14. The molecule has 0 aliphatic rings. The number of rotatable bonds is 6. The Kier molecular flexibility index (Phi) is 7.31. The fraction of sp³-hybridized carbons (Fsp3) is 0.190. The van der Waals surface area contributed by atoms with Gasteiger partial charge in [0.05, 0.1) is 0 Å². The van der Waals surface area contributed by atoms with Crippen LogP contribution in [0.5, 0.6) is 0 Å². The minimum atomic E-state index is -1.23. The molecule has 0 aromatic heterocycles. The first-order chi connectivity index (χ1) is 13.0. The lowest BCUT2D eigenvalue weighted by molar-refractivity contribution is -0.151. The van der Waals surface area contributed by atoms with Crippen LogP contribution in [0.25, 0.3) is 6.08 Å². The number of imide groups is 1. The molecule has 3 amide bonds. The summed E-state index contributed by atoms with van der Waals surface area (Å²) in [7, 11) is 0. The van der Waals surface area contributed by atoms with Gasteiger partial charge in [-0.15, -0.1) is 0 Å². The van der Waals surface area contributed by atoms with Gasteiger partial charge >= 0.3 is 12.0 Å². The van der Waals surface area contributed by atoms with Gasteiger partial charge in [0.2, 0.25) is 6.10 Å². The van der Waals surface area contributed by atoms with Gasteiger partial charge in [-0.05, 0) is 31.1 Å². The van der Waals surface area contributed by atoms with E-state index in [4.69, 9.17) is 4.74 Å². The molecule has 0 bridgehead atoms. The van der Waals surface area contributed by atoms with E-state index in [0.29, 0.717) is 12.1 Å². The lowest BCUT2D eigenvalue weighted by Gasteiger charge is -2.16. The van der Waals surface area contributed by atoms with Crippen molar-refractivity contribution in [3.63, 3.8) is 0 Å². The lowest BCUT2D eigenvalue weighted by Crippen LogP contribution is -2.42. The molecule has 0 radical (unpaired) electrons. The van der Waals surface area contributed by atoms with Crippen LogP contribution in [0.2, 0.25) is 0 Å². The maximum atomic E-state index is 12.4. The standard InChI is InChI=1S/C21H22N2O4/c1-3-22-21(26)23-20(25)19(17-11-5-4-6-12-17)27-18(24)14-13-16-10-8-7-9-15(16)2/h4-14,19H,3H2,1-2H3,(H2,22,23,25,26)/b14-13+/t19-/m1/s1. The summed E-state index contributed by atoms with van der Waals surface area (Å²) in [5.41, 5.74) is 2.35. The summed E-state index contributed by atoms with van der Waals surface area (Å²) < 4.78 is 5.32. The third kappa shape index (κ3) is 6.11. The first-order valence-electron chi connectivity index (χ1n) is 8.59. The molecule has 0 fully saturated rings. The molecule has 0 saturated carbocycles. The van der Waals surface area contributed by atoms with E-state index in [1.165, 1.54) is 6.08 Å². The van der Waals surface area contributed by atoms with Crippen molar-refractivity contribution >= 4 is 24.0 Å². The number of esters is 1. The van der Waals surface area contributed by atoms with E-state index in [1.807, 2.05) is 31.2 Å². The summed E-state index contributed by atoms with van der Waals surface area (Å²) in [6.07, 6.45) is 1.65. The molecule has 0 aliphatic carbocycles. The predicted molar refractivity (Wildman–Crippen MR) is 103 cm³/mol. The second-order valence-electron chi connectivity index (χ2n) is 5.77. The van der Waals surface area contributed by atoms with E-state index < -0.39 is 24.0 Å². The highest BCUT2D eigenvalue weighted by atomic mass is 16.5. The molecule has 140 valence electrons. The van der Waals surface area contributed by atoms with Gasteiger partial charge in [-0.3, -0.25) is 10.1 Å². The van der Waals surface area contributed by atoms with Crippen molar-refractivity contribution < 1.29 is 19.1 Å². The van der Waals surface area contributed by atoms with E-state index in [-0.39, 0.29) is 0 Å². The number of benzene rings is 2. The molecule has 2 N–H and O–H groups in total. The second kappa shape index (κ2) is 9.91. The molecule has 0 spiro atoms. The maximum Gasteiger partial charge on any atom is 0.331 e. The number of nitrogens with one attached hydrogen (secondary N) is 2. The highest BCUT2D eigenvalue weighted by Gasteiger charge is 2.25. The summed E-state index contributed by atoms with van der Waals surface area (Å²) in [4.78, 5) is 36.3. The Morgan fingerprint density at radius 2 is 1.70 bits per heavy atom. The van der Waals surface area contributed by atoms with Crippen LogP contribution >= 0.6 is 0 Å². The molecule has 6 nitrogen and oxygen atoms in total. The van der Waals surface area contributed by atoms with Crippen molar-refractivity contribution in [1.29, 1.82) is 0 Å². The highest BCUT2D eigenvalue weighted by Crippen LogP contribution is 2.18. The summed E-state index contributed by atoms with van der Waals surface area (Å²) in [6, 6.07) is 15.5. The number of carbonyl (C=O) groups is 3. The highest BCUT2D eigenvalue weighted by molar-refractivity contribution is 5.98. The second-order valence-corrected chi connectivity index (χ2v) is 5.77. The van der Waals surface area contributed by atoms with Gasteiger partial charge in [0, 0.05) is 18.2 Å². The lowest BCUT2D eigenvalue weighted by atomic mass is 10.1. The molecule has 27 heavy (non-hydrogen) atoms. The van der Waals surface area contributed by atoms with Crippen molar-refractivity contribution in [2.45, 2.75) is 20.0 Å². The SMILES string of the molecule is CCNC(=O)NC(=O)[C@H](OC(=O)/C=C/c1ccccc1C)c1ccccc1. The van der Waals surface area contributed by atoms with Crippen LogP contribution in [-0.4, -0.2) is 24.5 Å². The number of carbonyl (C=O) groups excluding carboxylic acids is 3. The van der Waals surface area contributed by atoms with Crippen LogP contribution in [0, 0.1) is 6.92 Å². The molecule has 0 heterocycles. The largest absolute Gasteiger partial charge is 0.444 e. The summed E-state index contributed by atoms with van der Waals surface area (Å²) in [5, 5.41) is 4.64. The van der Waals surface area contributed by atoms with Gasteiger partial charge in [0.1, 0.15) is 0 Å². The number of aryl methyl sites for hydroxylation is 1. The average Bonchev–Trinajstić information content (AvgIpc) is 2.66. The number of urea groups is 1. The van der Waals surface area contributed by atoms with E-state index in [1.54, 1.807) is 43.3 Å². The van der Waals surface area contributed by atoms with Gasteiger partial charge in [-0.2, -0.15) is 0 Å². The summed E-state index contributed by atoms with van der Waals surface area (Å²) >= 11 is 0. The normalized spacial score (nSPS) is 11.6. The minimum absolute atomic E-state index is 0.369. The third-order valence-corrected chi connectivity index (χ3v) is 3.74. The van der Waals surface area contributed by atoms with Crippen LogP contribution in [0.15, 0.2) is 60.7 Å². The van der Waals surface area contributed by atoms with Crippen LogP contribution in [0.3, 0.4) is 0 Å². The maximum absolute atomic E-state index is 12.4. The molecule has 0 aliphatic heterocycles. The topological polar surface area (TPSA) is 84.5 Å². The van der Waals surface area contributed by atoms with Crippen LogP contribution in [0.1, 0.15) is 29.7 Å². The van der Waals surface area contributed by atoms with E-state index in [2.05, 4.69) is 10.6 Å². The molecule has 6 heteroatoms. The molecule has 0 unspecified atom stereocenters. The molecule has 2 aromatic rings. The Labute approximate surface area is 158 Å². The zero-order valence-corrected chi connectivity index (χ0v) is 15.3. The van der Waals surface area contributed by atoms with Crippen LogP contribution in [-0.2, 0) is 14.3 Å². The number of ether oxygens (including phenoxy) is 1. The van der Waals surface area contributed by atoms with Crippen LogP contribution in [0.4, 0.5) is 4.79 Å². The fourth-order valence-electron chi connectivity index (χ4n) is 2.37. The Morgan fingerprint density at radius 1 is 1.04 bits per heavy atom. The zero-order valence-electron chi connectivity index (χ0n) is 15.3. The average molecular weight is 366 g/mol. The van der Waals surface area contributed by atoms with Gasteiger partial charge < -0.3 is 10.1 Å². The van der Waals surface area contributed by atoms with Crippen molar-refractivity contribution in [2.24, 2.45) is 0 Å². The van der Waals surface area contributed by atoms with Gasteiger partial charge in [0.15, 0.2) is 0 Å². The third-order valence-electron chi connectivity index (χ3n) is 3.74. The first-order valence-corrected chi connectivity index (χ1v) is 8.59. The number of hydrogen-bond acceptors (Lipinski definition) is 4. The van der Waals surface area contributed by atoms with E-state index in [0.717, 1.165) is 11.1 Å². The molecular formula is C21H22N2O4. The van der Waals surface area contributed by atoms with E-state index in [9.17, 15) is 14.4 Å². The molecule has 2 aromatic carbocycles. The zero-order chi connectivity index (χ0) is 19.6. The number of amides is 3. The van der Waals surface area contributed by atoms with E-state index >= 15 is 0 Å². The predicted octanol–water partition coefficient (Wildman–Crippen LogP) is 3.14. The van der Waals surface area contributed by atoms with Crippen molar-refractivity contribution in [3.05, 3.63) is 77.4 Å². The number of hydrogen-bond donors (Lipinski definition) is 2. The Bertz CT molecular complexity index is 831. The monoisotopic (exact) mass is 366 g/mol. The van der Waals surface area contributed by atoms with Crippen LogP contribution < -0.4 is 10.6 Å². The molecule has 1 atom stereocenters. The van der Waals surface area contributed by atoms with Crippen molar-refractivity contribution in [3.8, 4) is 0 Å². The summed E-state index contributed by atoms with van der Waals surface area (Å²) in [5.74, 6) is -1.40. The van der Waals surface area contributed by atoms with Crippen molar-refractivity contribution in [2.75, 3.05) is 6.54 Å². The smallest absolute Gasteiger partial charge is 0.331 e. The quantitative estimate of drug-likeness (QED) is 0.608. The summed E-state index contributed by atoms with van der Waals surface area (Å²) in [6.45, 7) is 4.03. The first kappa shape index (κ1) is 19.9. The van der Waals surface area contributed by atoms with Gasteiger partial charge in [0.25, 0.3) is 5.91 Å².